The molecule has 1 aromatic heterocycles. The maximum Gasteiger partial charge on any atom is 0.410 e. The van der Waals surface area contributed by atoms with E-state index >= 15 is 0 Å². The molecule has 3 aromatic carbocycles. The van der Waals surface area contributed by atoms with Gasteiger partial charge in [0.2, 0.25) is 0 Å². The first kappa shape index (κ1) is 26.8. The van der Waals surface area contributed by atoms with Crippen molar-refractivity contribution in [3.05, 3.63) is 83.4 Å². The molecule has 1 N–H and O–H groups in total. The molecular weight excluding hydrogens is 508 g/mol. The Morgan fingerprint density at radius 2 is 1.69 bits per heavy atom. The van der Waals surface area contributed by atoms with Gasteiger partial charge in [0.05, 0.1) is 15.9 Å². The molecule has 1 fully saturated rings. The van der Waals surface area contributed by atoms with Crippen molar-refractivity contribution in [2.75, 3.05) is 31.5 Å². The van der Waals surface area contributed by atoms with Crippen molar-refractivity contribution in [2.45, 2.75) is 39.8 Å². The van der Waals surface area contributed by atoms with E-state index in [9.17, 15) is 9.59 Å². The van der Waals surface area contributed by atoms with Crippen LogP contribution in [0.4, 0.5) is 10.5 Å². The Labute approximate surface area is 233 Å². The monoisotopic (exact) mass is 542 g/mol. The van der Waals surface area contributed by atoms with Gasteiger partial charge in [-0.25, -0.2) is 9.78 Å². The van der Waals surface area contributed by atoms with Crippen LogP contribution in [0, 0.1) is 6.92 Å². The van der Waals surface area contributed by atoms with Crippen LogP contribution in [0.15, 0.2) is 66.7 Å². The third kappa shape index (κ3) is 6.64. The molecule has 39 heavy (non-hydrogen) atoms. The summed E-state index contributed by atoms with van der Waals surface area (Å²) < 4.78 is 6.62. The predicted octanol–water partition coefficient (Wildman–Crippen LogP) is 6.58. The van der Waals surface area contributed by atoms with E-state index in [-0.39, 0.29) is 12.0 Å². The summed E-state index contributed by atoms with van der Waals surface area (Å²) in [5, 5.41) is 3.93. The third-order valence-electron chi connectivity index (χ3n) is 6.60. The zero-order chi connectivity index (χ0) is 27.6. The number of ether oxygens (including phenoxy) is 1. The number of nitrogens with one attached hydrogen (secondary N) is 1. The lowest BCUT2D eigenvalue weighted by Crippen LogP contribution is -2.49. The molecule has 4 aromatic rings. The SMILES string of the molecule is Cc1ccc(C(=O)Nc2ccccc2-c2nc3ccc(CN4CCN(C(=O)OC(C)(C)C)CC4)cc3s2)cc1. The van der Waals surface area contributed by atoms with Crippen LogP contribution in [0.2, 0.25) is 0 Å². The van der Waals surface area contributed by atoms with Crippen LogP contribution in [-0.2, 0) is 11.3 Å². The number of hydrogen-bond donors (Lipinski definition) is 1. The molecule has 1 aliphatic heterocycles. The first-order chi connectivity index (χ1) is 18.6. The van der Waals surface area contributed by atoms with Gasteiger partial charge in [0.25, 0.3) is 5.91 Å². The van der Waals surface area contributed by atoms with Crippen molar-refractivity contribution in [1.82, 2.24) is 14.8 Å². The highest BCUT2D eigenvalue weighted by Crippen LogP contribution is 2.35. The molecule has 8 heteroatoms. The number of fused-ring (bicyclic) bond motifs is 1. The Morgan fingerprint density at radius 3 is 2.41 bits per heavy atom. The van der Waals surface area contributed by atoms with Gasteiger partial charge in [-0.15, -0.1) is 11.3 Å². The topological polar surface area (TPSA) is 74.8 Å². The van der Waals surface area contributed by atoms with E-state index in [1.807, 2.05) is 76.2 Å². The second-order valence-electron chi connectivity index (χ2n) is 10.9. The molecule has 0 aliphatic carbocycles. The first-order valence-corrected chi connectivity index (χ1v) is 14.0. The lowest BCUT2D eigenvalue weighted by molar-refractivity contribution is 0.0139. The van der Waals surface area contributed by atoms with E-state index in [0.717, 1.165) is 51.7 Å². The standard InChI is InChI=1S/C31H34N4O3S/c1-21-9-12-23(13-10-21)28(36)32-25-8-6-5-7-24(25)29-33-26-14-11-22(19-27(26)39-29)20-34-15-17-35(18-16-34)30(37)38-31(2,3)4/h5-14,19H,15-18,20H2,1-4H3,(H,32,36). The van der Waals surface area contributed by atoms with Crippen molar-refractivity contribution in [3.63, 3.8) is 0 Å². The van der Waals surface area contributed by atoms with Gasteiger partial charge >= 0.3 is 6.09 Å². The first-order valence-electron chi connectivity index (χ1n) is 13.2. The molecule has 202 valence electrons. The summed E-state index contributed by atoms with van der Waals surface area (Å²) in [4.78, 5) is 34.3. The van der Waals surface area contributed by atoms with Gasteiger partial charge in [0, 0.05) is 43.9 Å². The predicted molar refractivity (Wildman–Crippen MR) is 157 cm³/mol. The lowest BCUT2D eigenvalue weighted by Gasteiger charge is -2.35. The van der Waals surface area contributed by atoms with Crippen LogP contribution in [0.5, 0.6) is 0 Å². The Balaban J connectivity index is 1.27. The fourth-order valence-electron chi connectivity index (χ4n) is 4.53. The van der Waals surface area contributed by atoms with E-state index in [2.05, 4.69) is 28.4 Å². The van der Waals surface area contributed by atoms with Gasteiger partial charge in [-0.2, -0.15) is 0 Å². The number of amides is 2. The molecule has 1 saturated heterocycles. The van der Waals surface area contributed by atoms with E-state index in [1.54, 1.807) is 16.2 Å². The molecule has 7 nitrogen and oxygen atoms in total. The van der Waals surface area contributed by atoms with E-state index in [1.165, 1.54) is 5.56 Å². The zero-order valence-corrected chi connectivity index (χ0v) is 23.7. The summed E-state index contributed by atoms with van der Waals surface area (Å²) in [6, 6.07) is 21.7. The van der Waals surface area contributed by atoms with Gasteiger partial charge in [-0.05, 0) is 69.7 Å². The second kappa shape index (κ2) is 11.2. The van der Waals surface area contributed by atoms with Gasteiger partial charge in [-0.1, -0.05) is 35.9 Å². The molecule has 0 spiro atoms. The molecule has 1 aliphatic rings. The summed E-state index contributed by atoms with van der Waals surface area (Å²) in [6.07, 6.45) is -0.240. The highest BCUT2D eigenvalue weighted by Gasteiger charge is 2.26. The largest absolute Gasteiger partial charge is 0.444 e. The summed E-state index contributed by atoms with van der Waals surface area (Å²) >= 11 is 1.62. The minimum atomic E-state index is -0.482. The fraction of sp³-hybridized carbons (Fsp3) is 0.323. The normalized spacial score (nSPS) is 14.4. The number of rotatable bonds is 5. The van der Waals surface area contributed by atoms with Crippen LogP contribution in [0.3, 0.4) is 0 Å². The van der Waals surface area contributed by atoms with Crippen molar-refractivity contribution in [2.24, 2.45) is 0 Å². The number of thiazole rings is 1. The van der Waals surface area contributed by atoms with Crippen molar-refractivity contribution in [3.8, 4) is 10.6 Å². The number of nitrogens with zero attached hydrogens (tertiary/aromatic N) is 3. The van der Waals surface area contributed by atoms with Crippen LogP contribution in [-0.4, -0.2) is 58.6 Å². The maximum atomic E-state index is 12.9. The number of hydrogen-bond acceptors (Lipinski definition) is 6. The molecule has 0 radical (unpaired) electrons. The molecule has 0 unspecified atom stereocenters. The van der Waals surface area contributed by atoms with E-state index in [4.69, 9.17) is 9.72 Å². The number of aryl methyl sites for hydroxylation is 1. The van der Waals surface area contributed by atoms with Gasteiger partial charge in [-0.3, -0.25) is 9.69 Å². The number of para-hydroxylation sites is 1. The Morgan fingerprint density at radius 1 is 0.974 bits per heavy atom. The highest BCUT2D eigenvalue weighted by molar-refractivity contribution is 7.21. The molecule has 2 heterocycles. The number of aromatic nitrogens is 1. The van der Waals surface area contributed by atoms with Crippen molar-refractivity contribution < 1.29 is 14.3 Å². The Bertz CT molecular complexity index is 1480. The van der Waals surface area contributed by atoms with Gasteiger partial charge in [0.1, 0.15) is 10.6 Å². The van der Waals surface area contributed by atoms with Crippen LogP contribution < -0.4 is 5.32 Å². The molecule has 0 atom stereocenters. The summed E-state index contributed by atoms with van der Waals surface area (Å²) in [7, 11) is 0. The smallest absolute Gasteiger partial charge is 0.410 e. The maximum absolute atomic E-state index is 12.9. The van der Waals surface area contributed by atoms with Gasteiger partial charge in [0.15, 0.2) is 0 Å². The molecule has 5 rings (SSSR count). The molecular formula is C31H34N4O3S. The quantitative estimate of drug-likeness (QED) is 0.308. The second-order valence-corrected chi connectivity index (χ2v) is 12.0. The summed E-state index contributed by atoms with van der Waals surface area (Å²) in [5.74, 6) is -0.141. The summed E-state index contributed by atoms with van der Waals surface area (Å²) in [5.41, 5.74) is 5.05. The Kier molecular flexibility index (Phi) is 7.68. The van der Waals surface area contributed by atoms with E-state index < -0.39 is 5.60 Å². The molecule has 0 bridgehead atoms. The third-order valence-corrected chi connectivity index (χ3v) is 7.65. The van der Waals surface area contributed by atoms with Gasteiger partial charge < -0.3 is 15.0 Å². The number of piperazine rings is 1. The van der Waals surface area contributed by atoms with Crippen molar-refractivity contribution >= 4 is 39.2 Å². The zero-order valence-electron chi connectivity index (χ0n) is 22.9. The van der Waals surface area contributed by atoms with Crippen LogP contribution in [0.1, 0.15) is 42.3 Å². The number of carbonyl (C=O) groups excluding carboxylic acids is 2. The molecule has 0 saturated carbocycles. The molecule has 2 amide bonds. The Hall–Kier alpha value is -3.75. The minimum Gasteiger partial charge on any atom is -0.444 e. The van der Waals surface area contributed by atoms with Crippen LogP contribution in [0.25, 0.3) is 20.8 Å². The average Bonchev–Trinajstić information content (AvgIpc) is 3.32. The number of anilines is 1. The van der Waals surface area contributed by atoms with Crippen LogP contribution >= 0.6 is 11.3 Å². The number of benzene rings is 3. The fourth-order valence-corrected chi connectivity index (χ4v) is 5.60. The average molecular weight is 543 g/mol. The van der Waals surface area contributed by atoms with E-state index in [0.29, 0.717) is 18.7 Å². The minimum absolute atomic E-state index is 0.141. The van der Waals surface area contributed by atoms with Crippen molar-refractivity contribution in [1.29, 1.82) is 0 Å². The lowest BCUT2D eigenvalue weighted by atomic mass is 10.1. The highest BCUT2D eigenvalue weighted by atomic mass is 32.1. The number of carbonyl (C=O) groups is 2. The summed E-state index contributed by atoms with van der Waals surface area (Å²) in [6.45, 7) is 11.4.